The molecule has 3 aromatic rings. The third-order valence-corrected chi connectivity index (χ3v) is 5.45. The van der Waals surface area contributed by atoms with Gasteiger partial charge in [-0.1, -0.05) is 23.4 Å². The van der Waals surface area contributed by atoms with Gasteiger partial charge in [0.05, 0.1) is 6.10 Å². The molecule has 8 heteroatoms. The standard InChI is InChI=1S/C21H23FN4O3/c1-28-21(20-24-19(25-29-20)17-4-2-3-11-23-17)9-12-26(13-10-21)14-18(27)15-5-7-16(22)8-6-15/h2-8,11,18,27H,9-10,12-14H2,1H3/t18-/m1/s1. The molecule has 0 aliphatic carbocycles. The number of aliphatic hydroxyl groups is 1. The van der Waals surface area contributed by atoms with E-state index in [0.717, 1.165) is 0 Å². The van der Waals surface area contributed by atoms with Crippen LogP contribution in [0.3, 0.4) is 0 Å². The van der Waals surface area contributed by atoms with Gasteiger partial charge in [0.15, 0.2) is 0 Å². The number of rotatable bonds is 6. The second kappa shape index (κ2) is 8.36. The number of hydrogen-bond donors (Lipinski definition) is 1. The maximum atomic E-state index is 13.1. The van der Waals surface area contributed by atoms with Crippen LogP contribution < -0.4 is 0 Å². The largest absolute Gasteiger partial charge is 0.387 e. The number of β-amino-alcohol motifs (C(OH)–C–C–N with tert-alkyl or cyclic N) is 1. The van der Waals surface area contributed by atoms with Crippen molar-refractivity contribution in [3.63, 3.8) is 0 Å². The maximum Gasteiger partial charge on any atom is 0.259 e. The highest BCUT2D eigenvalue weighted by Crippen LogP contribution is 2.36. The Kier molecular flexibility index (Phi) is 5.66. The zero-order valence-corrected chi connectivity index (χ0v) is 16.2. The maximum absolute atomic E-state index is 13.1. The molecular weight excluding hydrogens is 375 g/mol. The molecule has 1 aliphatic heterocycles. The average molecular weight is 398 g/mol. The first-order valence-electron chi connectivity index (χ1n) is 9.56. The number of benzene rings is 1. The monoisotopic (exact) mass is 398 g/mol. The molecule has 0 amide bonds. The molecule has 1 aromatic carbocycles. The Morgan fingerprint density at radius 3 is 2.62 bits per heavy atom. The Morgan fingerprint density at radius 1 is 1.21 bits per heavy atom. The summed E-state index contributed by atoms with van der Waals surface area (Å²) < 4.78 is 24.4. The lowest BCUT2D eigenvalue weighted by Gasteiger charge is -2.38. The third-order valence-electron chi connectivity index (χ3n) is 5.45. The van der Waals surface area contributed by atoms with Gasteiger partial charge in [0, 0.05) is 32.9 Å². The Bertz CT molecular complexity index is 925. The number of piperidine rings is 1. The number of pyridine rings is 1. The minimum atomic E-state index is -0.676. The minimum Gasteiger partial charge on any atom is -0.387 e. The number of methoxy groups -OCH3 is 1. The van der Waals surface area contributed by atoms with Crippen LogP contribution in [0, 0.1) is 5.82 Å². The number of ether oxygens (including phenoxy) is 1. The predicted molar refractivity (Wildman–Crippen MR) is 103 cm³/mol. The van der Waals surface area contributed by atoms with Gasteiger partial charge in [0.1, 0.15) is 17.1 Å². The molecule has 0 unspecified atom stereocenters. The van der Waals surface area contributed by atoms with E-state index < -0.39 is 11.7 Å². The van der Waals surface area contributed by atoms with E-state index in [1.807, 2.05) is 18.2 Å². The van der Waals surface area contributed by atoms with E-state index in [1.54, 1.807) is 25.4 Å². The summed E-state index contributed by atoms with van der Waals surface area (Å²) in [4.78, 5) is 10.9. The second-order valence-corrected chi connectivity index (χ2v) is 7.20. The molecule has 0 saturated carbocycles. The van der Waals surface area contributed by atoms with E-state index >= 15 is 0 Å². The third kappa shape index (κ3) is 4.19. The van der Waals surface area contributed by atoms with Crippen molar-refractivity contribution in [2.24, 2.45) is 0 Å². The van der Waals surface area contributed by atoms with Gasteiger partial charge >= 0.3 is 0 Å². The van der Waals surface area contributed by atoms with Gasteiger partial charge in [-0.15, -0.1) is 0 Å². The molecule has 1 atom stereocenters. The lowest BCUT2D eigenvalue weighted by atomic mass is 9.90. The van der Waals surface area contributed by atoms with Crippen molar-refractivity contribution in [2.45, 2.75) is 24.5 Å². The van der Waals surface area contributed by atoms with Crippen LogP contribution in [0.4, 0.5) is 4.39 Å². The van der Waals surface area contributed by atoms with E-state index in [0.29, 0.717) is 55.4 Å². The lowest BCUT2D eigenvalue weighted by molar-refractivity contribution is -0.0865. The molecule has 2 aromatic heterocycles. The number of aliphatic hydroxyl groups excluding tert-OH is 1. The van der Waals surface area contributed by atoms with Crippen LogP contribution in [0.5, 0.6) is 0 Å². The molecular formula is C21H23FN4O3. The fourth-order valence-corrected chi connectivity index (χ4v) is 3.64. The van der Waals surface area contributed by atoms with Crippen LogP contribution in [0.2, 0.25) is 0 Å². The van der Waals surface area contributed by atoms with Crippen LogP contribution >= 0.6 is 0 Å². The predicted octanol–water partition coefficient (Wildman–Crippen LogP) is 2.94. The summed E-state index contributed by atoms with van der Waals surface area (Å²) in [6.45, 7) is 1.87. The molecule has 152 valence electrons. The van der Waals surface area contributed by atoms with Gasteiger partial charge in [-0.25, -0.2) is 4.39 Å². The molecule has 7 nitrogen and oxygen atoms in total. The summed E-state index contributed by atoms with van der Waals surface area (Å²) in [5.41, 5.74) is 0.692. The fraction of sp³-hybridized carbons (Fsp3) is 0.381. The summed E-state index contributed by atoms with van der Waals surface area (Å²) in [5.74, 6) is 0.569. The van der Waals surface area contributed by atoms with Crippen molar-refractivity contribution in [2.75, 3.05) is 26.7 Å². The molecule has 1 saturated heterocycles. The van der Waals surface area contributed by atoms with E-state index in [9.17, 15) is 9.50 Å². The van der Waals surface area contributed by atoms with Gasteiger partial charge < -0.3 is 19.3 Å². The van der Waals surface area contributed by atoms with E-state index in [4.69, 9.17) is 9.26 Å². The Labute approximate surface area is 168 Å². The van der Waals surface area contributed by atoms with Crippen LogP contribution in [0.15, 0.2) is 53.2 Å². The highest BCUT2D eigenvalue weighted by molar-refractivity contribution is 5.47. The highest BCUT2D eigenvalue weighted by atomic mass is 19.1. The van der Waals surface area contributed by atoms with E-state index in [-0.39, 0.29) is 5.82 Å². The molecule has 4 rings (SSSR count). The van der Waals surface area contributed by atoms with Gasteiger partial charge in [-0.05, 0) is 42.7 Å². The van der Waals surface area contributed by atoms with E-state index in [2.05, 4.69) is 20.0 Å². The van der Waals surface area contributed by atoms with Gasteiger partial charge in [-0.2, -0.15) is 4.98 Å². The zero-order chi connectivity index (χ0) is 20.3. The van der Waals surface area contributed by atoms with Crippen molar-refractivity contribution in [1.29, 1.82) is 0 Å². The number of hydrogen-bond acceptors (Lipinski definition) is 7. The van der Waals surface area contributed by atoms with Crippen molar-refractivity contribution in [3.05, 3.63) is 65.9 Å². The first kappa shape index (κ1) is 19.6. The molecule has 0 bridgehead atoms. The number of nitrogens with zero attached hydrogens (tertiary/aromatic N) is 4. The van der Waals surface area contributed by atoms with Gasteiger partial charge in [-0.3, -0.25) is 4.98 Å². The minimum absolute atomic E-state index is 0.312. The quantitative estimate of drug-likeness (QED) is 0.683. The first-order chi connectivity index (χ1) is 14.1. The van der Waals surface area contributed by atoms with Crippen molar-refractivity contribution in [3.8, 4) is 11.5 Å². The first-order valence-corrected chi connectivity index (χ1v) is 9.56. The van der Waals surface area contributed by atoms with E-state index in [1.165, 1.54) is 12.1 Å². The molecule has 0 spiro atoms. The molecule has 29 heavy (non-hydrogen) atoms. The lowest BCUT2D eigenvalue weighted by Crippen LogP contribution is -2.45. The Hall–Kier alpha value is -2.68. The average Bonchev–Trinajstić information content (AvgIpc) is 3.26. The summed E-state index contributed by atoms with van der Waals surface area (Å²) in [6, 6.07) is 11.5. The molecule has 1 N–H and O–H groups in total. The molecule has 1 fully saturated rings. The SMILES string of the molecule is COC1(c2nc(-c3ccccn3)no2)CCN(C[C@@H](O)c2ccc(F)cc2)CC1. The summed E-state index contributed by atoms with van der Waals surface area (Å²) in [6.07, 6.45) is 2.32. The van der Waals surface area contributed by atoms with Crippen molar-refractivity contribution in [1.82, 2.24) is 20.0 Å². The van der Waals surface area contributed by atoms with Gasteiger partial charge in [0.2, 0.25) is 5.82 Å². The normalized spacial score (nSPS) is 17.9. The molecule has 0 radical (unpaired) electrons. The number of likely N-dealkylation sites (tertiary alicyclic amines) is 1. The van der Waals surface area contributed by atoms with Crippen molar-refractivity contribution < 1.29 is 18.8 Å². The Morgan fingerprint density at radius 2 is 1.97 bits per heavy atom. The smallest absolute Gasteiger partial charge is 0.259 e. The molecule has 1 aliphatic rings. The van der Waals surface area contributed by atoms with Crippen LogP contribution in [0.25, 0.3) is 11.5 Å². The van der Waals surface area contributed by atoms with Crippen molar-refractivity contribution >= 4 is 0 Å². The Balaban J connectivity index is 1.41. The highest BCUT2D eigenvalue weighted by Gasteiger charge is 2.41. The van der Waals surface area contributed by atoms with Crippen LogP contribution in [-0.2, 0) is 10.3 Å². The second-order valence-electron chi connectivity index (χ2n) is 7.20. The summed E-state index contributed by atoms with van der Waals surface area (Å²) in [7, 11) is 1.65. The zero-order valence-electron chi connectivity index (χ0n) is 16.2. The van der Waals surface area contributed by atoms with Crippen LogP contribution in [0.1, 0.15) is 30.4 Å². The number of halogens is 1. The summed E-state index contributed by atoms with van der Waals surface area (Å²) in [5, 5.41) is 14.5. The van der Waals surface area contributed by atoms with Crippen LogP contribution in [-0.4, -0.2) is 51.9 Å². The van der Waals surface area contributed by atoms with Gasteiger partial charge in [0.25, 0.3) is 5.89 Å². The number of aromatic nitrogens is 3. The fourth-order valence-electron chi connectivity index (χ4n) is 3.64. The molecule has 3 heterocycles. The summed E-state index contributed by atoms with van der Waals surface area (Å²) >= 11 is 0. The topological polar surface area (TPSA) is 84.5 Å².